The van der Waals surface area contributed by atoms with Crippen LogP contribution >= 0.6 is 11.3 Å². The van der Waals surface area contributed by atoms with Crippen molar-refractivity contribution in [1.82, 2.24) is 15.2 Å². The molecule has 42 heavy (non-hydrogen) atoms. The van der Waals surface area contributed by atoms with Crippen molar-refractivity contribution < 1.29 is 19.1 Å². The highest BCUT2D eigenvalue weighted by Gasteiger charge is 2.21. The normalized spacial score (nSPS) is 11.5. The summed E-state index contributed by atoms with van der Waals surface area (Å²) in [5.74, 6) is 0.0822. The van der Waals surface area contributed by atoms with Gasteiger partial charge >= 0.3 is 0 Å². The second-order valence-corrected chi connectivity index (χ2v) is 11.3. The molecule has 0 radical (unpaired) electrons. The van der Waals surface area contributed by atoms with Crippen LogP contribution in [0.5, 0.6) is 5.75 Å². The summed E-state index contributed by atoms with van der Waals surface area (Å²) in [6.45, 7) is 4.29. The van der Waals surface area contributed by atoms with E-state index in [-0.39, 0.29) is 42.6 Å². The van der Waals surface area contributed by atoms with E-state index in [1.807, 2.05) is 74.5 Å². The van der Waals surface area contributed by atoms with E-state index in [9.17, 15) is 14.4 Å². The van der Waals surface area contributed by atoms with Crippen LogP contribution in [0.25, 0.3) is 0 Å². The standard InChI is InChI=1S/C33H36N4O4S/c1-23(2)20-37(32(40)26-14-16-28(41-3)17-15-26)21-31(39)36-33-34-27(22-42-33)19-30(38)35-29(25-12-8-5-9-13-25)18-24-10-6-4-7-11-24/h4-17,22-23,29H,18-21H2,1-3H3,(H,35,38)(H,34,36,39). The predicted molar refractivity (Wildman–Crippen MR) is 166 cm³/mol. The van der Waals surface area contributed by atoms with Gasteiger partial charge in [-0.15, -0.1) is 11.3 Å². The van der Waals surface area contributed by atoms with Crippen LogP contribution < -0.4 is 15.4 Å². The Kier molecular flexibility index (Phi) is 10.8. The molecule has 9 heteroatoms. The fourth-order valence-electron chi connectivity index (χ4n) is 4.55. The molecule has 1 unspecified atom stereocenters. The number of nitrogens with one attached hydrogen (secondary N) is 2. The van der Waals surface area contributed by atoms with Crippen LogP contribution in [0.4, 0.5) is 5.13 Å². The topological polar surface area (TPSA) is 101 Å². The lowest BCUT2D eigenvalue weighted by Gasteiger charge is -2.24. The Morgan fingerprint density at radius 2 is 1.57 bits per heavy atom. The van der Waals surface area contributed by atoms with Crippen LogP contribution in [-0.2, 0) is 22.4 Å². The second kappa shape index (κ2) is 14.9. The Balaban J connectivity index is 1.35. The minimum Gasteiger partial charge on any atom is -0.497 e. The van der Waals surface area contributed by atoms with Gasteiger partial charge in [-0.2, -0.15) is 0 Å². The van der Waals surface area contributed by atoms with Crippen LogP contribution in [-0.4, -0.2) is 47.8 Å². The van der Waals surface area contributed by atoms with Crippen molar-refractivity contribution >= 4 is 34.2 Å². The summed E-state index contributed by atoms with van der Waals surface area (Å²) in [5, 5.41) is 8.08. The first-order valence-corrected chi connectivity index (χ1v) is 14.7. The molecule has 1 aromatic heterocycles. The van der Waals surface area contributed by atoms with E-state index in [1.54, 1.807) is 36.8 Å². The number of carbonyl (C=O) groups excluding carboxylic acids is 3. The first kappa shape index (κ1) is 30.5. The summed E-state index contributed by atoms with van der Waals surface area (Å²) in [4.78, 5) is 45.1. The molecule has 2 N–H and O–H groups in total. The molecule has 3 aromatic carbocycles. The van der Waals surface area contributed by atoms with Gasteiger partial charge in [-0.3, -0.25) is 14.4 Å². The Labute approximate surface area is 250 Å². The molecule has 8 nitrogen and oxygen atoms in total. The quantitative estimate of drug-likeness (QED) is 0.215. The van der Waals surface area contributed by atoms with Crippen LogP contribution in [0.1, 0.15) is 47.1 Å². The van der Waals surface area contributed by atoms with Crippen LogP contribution in [0.2, 0.25) is 0 Å². The lowest BCUT2D eigenvalue weighted by molar-refractivity contribution is -0.121. The van der Waals surface area contributed by atoms with E-state index in [0.717, 1.165) is 11.1 Å². The van der Waals surface area contributed by atoms with Gasteiger partial charge in [0.2, 0.25) is 11.8 Å². The fourth-order valence-corrected chi connectivity index (χ4v) is 5.28. The Morgan fingerprint density at radius 1 is 0.905 bits per heavy atom. The van der Waals surface area contributed by atoms with Crippen molar-refractivity contribution in [2.45, 2.75) is 32.7 Å². The summed E-state index contributed by atoms with van der Waals surface area (Å²) < 4.78 is 5.17. The van der Waals surface area contributed by atoms with E-state index in [1.165, 1.54) is 16.2 Å². The number of aromatic nitrogens is 1. The van der Waals surface area contributed by atoms with Crippen molar-refractivity contribution in [1.29, 1.82) is 0 Å². The van der Waals surface area contributed by atoms with Gasteiger partial charge in [0.25, 0.3) is 5.91 Å². The summed E-state index contributed by atoms with van der Waals surface area (Å²) in [7, 11) is 1.57. The maximum Gasteiger partial charge on any atom is 0.254 e. The number of benzene rings is 3. The molecule has 0 saturated carbocycles. The molecule has 1 heterocycles. The molecule has 0 aliphatic heterocycles. The maximum atomic E-state index is 13.1. The third-order valence-corrected chi connectivity index (χ3v) is 7.31. The lowest BCUT2D eigenvalue weighted by atomic mass is 9.98. The van der Waals surface area contributed by atoms with E-state index >= 15 is 0 Å². The largest absolute Gasteiger partial charge is 0.497 e. The average Bonchev–Trinajstić information content (AvgIpc) is 3.42. The van der Waals surface area contributed by atoms with E-state index in [2.05, 4.69) is 15.6 Å². The van der Waals surface area contributed by atoms with Crippen molar-refractivity contribution in [2.75, 3.05) is 25.5 Å². The monoisotopic (exact) mass is 584 g/mol. The zero-order chi connectivity index (χ0) is 29.9. The molecule has 3 amide bonds. The first-order valence-electron chi connectivity index (χ1n) is 13.9. The Morgan fingerprint density at radius 3 is 2.21 bits per heavy atom. The smallest absolute Gasteiger partial charge is 0.254 e. The summed E-state index contributed by atoms with van der Waals surface area (Å²) in [6.07, 6.45) is 0.747. The molecule has 0 saturated heterocycles. The number of amides is 3. The number of ether oxygens (including phenoxy) is 1. The third-order valence-electron chi connectivity index (χ3n) is 6.50. The summed E-state index contributed by atoms with van der Waals surface area (Å²) >= 11 is 1.25. The number of methoxy groups -OCH3 is 1. The zero-order valence-corrected chi connectivity index (χ0v) is 24.9. The van der Waals surface area contributed by atoms with Gasteiger partial charge in [-0.25, -0.2) is 4.98 Å². The zero-order valence-electron chi connectivity index (χ0n) is 24.1. The minimum absolute atomic E-state index is 0.0833. The summed E-state index contributed by atoms with van der Waals surface area (Å²) in [6, 6.07) is 26.6. The summed E-state index contributed by atoms with van der Waals surface area (Å²) in [5.41, 5.74) is 3.19. The van der Waals surface area contributed by atoms with Crippen molar-refractivity contribution in [3.05, 3.63) is 113 Å². The van der Waals surface area contributed by atoms with Crippen LogP contribution in [0.15, 0.2) is 90.3 Å². The molecule has 4 aromatic rings. The van der Waals surface area contributed by atoms with Crippen LogP contribution in [0.3, 0.4) is 0 Å². The molecule has 218 valence electrons. The SMILES string of the molecule is COc1ccc(C(=O)N(CC(=O)Nc2nc(CC(=O)NC(Cc3ccccc3)c3ccccc3)cs2)CC(C)C)cc1. The third kappa shape index (κ3) is 9.01. The molecule has 0 bridgehead atoms. The number of hydrogen-bond acceptors (Lipinski definition) is 6. The van der Waals surface area contributed by atoms with Gasteiger partial charge < -0.3 is 20.3 Å². The highest BCUT2D eigenvalue weighted by molar-refractivity contribution is 7.13. The molecule has 0 fully saturated rings. The molecule has 1 atom stereocenters. The lowest BCUT2D eigenvalue weighted by Crippen LogP contribution is -2.40. The van der Waals surface area contributed by atoms with Crippen molar-refractivity contribution in [2.24, 2.45) is 5.92 Å². The number of thiazole rings is 1. The number of carbonyl (C=O) groups is 3. The Bertz CT molecular complexity index is 1460. The first-order chi connectivity index (χ1) is 20.3. The number of nitrogens with zero attached hydrogens (tertiary/aromatic N) is 2. The Hall–Kier alpha value is -4.50. The van der Waals surface area contributed by atoms with Crippen molar-refractivity contribution in [3.8, 4) is 5.75 Å². The van der Waals surface area contributed by atoms with Crippen molar-refractivity contribution in [3.63, 3.8) is 0 Å². The fraction of sp³-hybridized carbons (Fsp3) is 0.273. The molecular weight excluding hydrogens is 548 g/mol. The van der Waals surface area contributed by atoms with Gasteiger partial charge in [-0.05, 0) is 47.7 Å². The highest BCUT2D eigenvalue weighted by atomic mass is 32.1. The number of rotatable bonds is 13. The highest BCUT2D eigenvalue weighted by Crippen LogP contribution is 2.20. The van der Waals surface area contributed by atoms with Crippen LogP contribution in [0, 0.1) is 5.92 Å². The number of hydrogen-bond donors (Lipinski definition) is 2. The van der Waals surface area contributed by atoms with Gasteiger partial charge in [-0.1, -0.05) is 74.5 Å². The molecule has 0 aliphatic rings. The molecule has 4 rings (SSSR count). The van der Waals surface area contributed by atoms with Gasteiger partial charge in [0.15, 0.2) is 5.13 Å². The van der Waals surface area contributed by atoms with Gasteiger partial charge in [0.1, 0.15) is 12.3 Å². The van der Waals surface area contributed by atoms with E-state index in [4.69, 9.17) is 4.74 Å². The van der Waals surface area contributed by atoms with Gasteiger partial charge in [0, 0.05) is 17.5 Å². The van der Waals surface area contributed by atoms with E-state index in [0.29, 0.717) is 35.1 Å². The molecule has 0 aliphatic carbocycles. The average molecular weight is 585 g/mol. The maximum absolute atomic E-state index is 13.1. The van der Waals surface area contributed by atoms with E-state index < -0.39 is 0 Å². The predicted octanol–water partition coefficient (Wildman–Crippen LogP) is 5.53. The molecule has 0 spiro atoms. The van der Waals surface area contributed by atoms with Gasteiger partial charge in [0.05, 0.1) is 25.3 Å². The number of anilines is 1. The second-order valence-electron chi connectivity index (χ2n) is 10.4. The minimum atomic E-state index is -0.352. The molecular formula is C33H36N4O4S.